The molecular weight excluding hydrogens is 312 g/mol. The summed E-state index contributed by atoms with van der Waals surface area (Å²) >= 11 is 0. The molecule has 2 heterocycles. The zero-order valence-corrected chi connectivity index (χ0v) is 15.7. The minimum absolute atomic E-state index is 0.0220. The van der Waals surface area contributed by atoms with Crippen LogP contribution in [0.3, 0.4) is 0 Å². The molecule has 0 radical (unpaired) electrons. The predicted octanol–water partition coefficient (Wildman–Crippen LogP) is 3.27. The van der Waals surface area contributed by atoms with Crippen molar-refractivity contribution in [2.24, 2.45) is 5.92 Å². The molecule has 1 aliphatic heterocycles. The lowest BCUT2D eigenvalue weighted by Crippen LogP contribution is -2.51. The number of aromatic nitrogens is 1. The van der Waals surface area contributed by atoms with Crippen LogP contribution < -0.4 is 5.32 Å². The van der Waals surface area contributed by atoms with E-state index in [-0.39, 0.29) is 6.03 Å². The molecule has 2 aliphatic rings. The molecule has 5 heteroatoms. The third-order valence-electron chi connectivity index (χ3n) is 6.04. The minimum Gasteiger partial charge on any atom is -0.334 e. The molecule has 1 aliphatic carbocycles. The van der Waals surface area contributed by atoms with E-state index < -0.39 is 0 Å². The summed E-state index contributed by atoms with van der Waals surface area (Å²) in [4.78, 5) is 21.1. The van der Waals surface area contributed by atoms with Crippen LogP contribution in [0.25, 0.3) is 0 Å². The Balaban J connectivity index is 1.41. The van der Waals surface area contributed by atoms with E-state index in [2.05, 4.69) is 22.1 Å². The van der Waals surface area contributed by atoms with Gasteiger partial charge in [0, 0.05) is 51.2 Å². The summed E-state index contributed by atoms with van der Waals surface area (Å²) < 4.78 is 0. The maximum atomic E-state index is 12.4. The third kappa shape index (κ3) is 4.94. The summed E-state index contributed by atoms with van der Waals surface area (Å²) in [5, 5.41) is 3.01. The fraction of sp³-hybridized carbons (Fsp3) is 0.700. The molecule has 2 fully saturated rings. The molecule has 1 aromatic rings. The average molecular weight is 345 g/mol. The van der Waals surface area contributed by atoms with Crippen molar-refractivity contribution in [1.82, 2.24) is 20.1 Å². The zero-order chi connectivity index (χ0) is 17.6. The van der Waals surface area contributed by atoms with Crippen LogP contribution in [-0.2, 0) is 6.54 Å². The largest absolute Gasteiger partial charge is 0.334 e. The molecular formula is C20H32N4O. The highest BCUT2D eigenvalue weighted by Gasteiger charge is 2.30. The number of nitrogens with one attached hydrogen (secondary N) is 1. The van der Waals surface area contributed by atoms with Crippen molar-refractivity contribution >= 4 is 6.03 Å². The van der Waals surface area contributed by atoms with Crippen LogP contribution in [0, 0.1) is 5.92 Å². The third-order valence-corrected chi connectivity index (χ3v) is 6.04. The number of likely N-dealkylation sites (tertiary alicyclic amines) is 1. The highest BCUT2D eigenvalue weighted by atomic mass is 16.2. The van der Waals surface area contributed by atoms with Crippen molar-refractivity contribution in [2.45, 2.75) is 64.1 Å². The van der Waals surface area contributed by atoms with Gasteiger partial charge in [0.2, 0.25) is 0 Å². The van der Waals surface area contributed by atoms with Crippen molar-refractivity contribution in [3.05, 3.63) is 30.1 Å². The molecule has 0 atom stereocenters. The van der Waals surface area contributed by atoms with Gasteiger partial charge in [-0.05, 0) is 56.1 Å². The van der Waals surface area contributed by atoms with Crippen LogP contribution >= 0.6 is 0 Å². The Bertz CT molecular complexity index is 534. The van der Waals surface area contributed by atoms with Crippen LogP contribution in [0.4, 0.5) is 4.79 Å². The van der Waals surface area contributed by atoms with E-state index in [0.29, 0.717) is 12.6 Å². The van der Waals surface area contributed by atoms with Gasteiger partial charge in [0.15, 0.2) is 0 Å². The first kappa shape index (κ1) is 18.2. The highest BCUT2D eigenvalue weighted by molar-refractivity contribution is 5.74. The molecule has 1 saturated carbocycles. The van der Waals surface area contributed by atoms with Crippen LogP contribution in [0.5, 0.6) is 0 Å². The first-order valence-electron chi connectivity index (χ1n) is 9.77. The van der Waals surface area contributed by atoms with Gasteiger partial charge in [0.05, 0.1) is 0 Å². The number of hydrogen-bond donors (Lipinski definition) is 1. The van der Waals surface area contributed by atoms with Gasteiger partial charge in [0.25, 0.3) is 0 Å². The number of carbonyl (C=O) groups excluding carboxylic acids is 1. The lowest BCUT2D eigenvalue weighted by Gasteiger charge is -2.42. The number of rotatable bonds is 4. The average Bonchev–Trinajstić information content (AvgIpc) is 2.67. The van der Waals surface area contributed by atoms with Crippen LogP contribution in [0.15, 0.2) is 24.5 Å². The van der Waals surface area contributed by atoms with Crippen molar-refractivity contribution < 1.29 is 4.79 Å². The van der Waals surface area contributed by atoms with Crippen LogP contribution in [0.2, 0.25) is 0 Å². The van der Waals surface area contributed by atoms with E-state index in [1.165, 1.54) is 25.7 Å². The van der Waals surface area contributed by atoms with E-state index in [9.17, 15) is 4.79 Å². The molecule has 0 aromatic carbocycles. The second kappa shape index (κ2) is 8.65. The first-order chi connectivity index (χ1) is 12.1. The fourth-order valence-electron chi connectivity index (χ4n) is 4.22. The Labute approximate surface area is 151 Å². The van der Waals surface area contributed by atoms with Gasteiger partial charge in [-0.1, -0.05) is 13.0 Å². The van der Waals surface area contributed by atoms with E-state index in [1.807, 2.05) is 24.1 Å². The predicted molar refractivity (Wildman–Crippen MR) is 100 cm³/mol. The molecule has 0 spiro atoms. The van der Waals surface area contributed by atoms with Crippen molar-refractivity contribution in [3.63, 3.8) is 0 Å². The fourth-order valence-corrected chi connectivity index (χ4v) is 4.22. The number of urea groups is 1. The van der Waals surface area contributed by atoms with Gasteiger partial charge in [-0.2, -0.15) is 0 Å². The highest BCUT2D eigenvalue weighted by Crippen LogP contribution is 2.29. The second-order valence-electron chi connectivity index (χ2n) is 7.81. The summed E-state index contributed by atoms with van der Waals surface area (Å²) in [6, 6.07) is 5.03. The number of piperidine rings is 1. The molecule has 0 bridgehead atoms. The SMILES string of the molecule is CC1CCC(N2CCC(N(C)C(=O)NCc3cccnc3)CC2)CC1. The minimum atomic E-state index is 0.0220. The molecule has 1 N–H and O–H groups in total. The van der Waals surface area contributed by atoms with Crippen molar-refractivity contribution in [3.8, 4) is 0 Å². The van der Waals surface area contributed by atoms with Crippen LogP contribution in [-0.4, -0.2) is 53.0 Å². The molecule has 2 amide bonds. The zero-order valence-electron chi connectivity index (χ0n) is 15.7. The Morgan fingerprint density at radius 3 is 2.60 bits per heavy atom. The van der Waals surface area contributed by atoms with E-state index in [0.717, 1.165) is 43.5 Å². The topological polar surface area (TPSA) is 48.5 Å². The molecule has 138 valence electrons. The molecule has 3 rings (SSSR count). The Hall–Kier alpha value is -1.62. The summed E-state index contributed by atoms with van der Waals surface area (Å²) in [5.74, 6) is 0.906. The number of carbonyl (C=O) groups is 1. The standard InChI is InChI=1S/C20H32N4O/c1-16-5-7-19(8-6-16)24-12-9-18(10-13-24)23(2)20(25)22-15-17-4-3-11-21-14-17/h3-4,11,14,16,18-19H,5-10,12-13,15H2,1-2H3,(H,22,25). The van der Waals surface area contributed by atoms with Gasteiger partial charge in [0.1, 0.15) is 0 Å². The number of nitrogens with zero attached hydrogens (tertiary/aromatic N) is 3. The van der Waals surface area contributed by atoms with Gasteiger partial charge in [-0.15, -0.1) is 0 Å². The van der Waals surface area contributed by atoms with Crippen LogP contribution in [0.1, 0.15) is 51.0 Å². The number of hydrogen-bond acceptors (Lipinski definition) is 3. The summed E-state index contributed by atoms with van der Waals surface area (Å²) in [5.41, 5.74) is 1.03. The molecule has 0 unspecified atom stereocenters. The van der Waals surface area contributed by atoms with Gasteiger partial charge in [-0.3, -0.25) is 4.98 Å². The number of pyridine rings is 1. The van der Waals surface area contributed by atoms with Gasteiger partial charge in [-0.25, -0.2) is 4.79 Å². The van der Waals surface area contributed by atoms with E-state index in [4.69, 9.17) is 0 Å². The molecule has 1 saturated heterocycles. The molecule has 1 aromatic heterocycles. The Kier molecular flexibility index (Phi) is 6.29. The van der Waals surface area contributed by atoms with Gasteiger partial charge >= 0.3 is 6.03 Å². The maximum absolute atomic E-state index is 12.4. The molecule has 5 nitrogen and oxygen atoms in total. The first-order valence-corrected chi connectivity index (χ1v) is 9.77. The summed E-state index contributed by atoms with van der Waals surface area (Å²) in [6.07, 6.45) is 11.2. The number of amides is 2. The maximum Gasteiger partial charge on any atom is 0.317 e. The smallest absolute Gasteiger partial charge is 0.317 e. The summed E-state index contributed by atoms with van der Waals surface area (Å²) in [7, 11) is 1.93. The van der Waals surface area contributed by atoms with E-state index in [1.54, 1.807) is 12.4 Å². The second-order valence-corrected chi connectivity index (χ2v) is 7.81. The van der Waals surface area contributed by atoms with Crippen molar-refractivity contribution in [1.29, 1.82) is 0 Å². The molecule has 25 heavy (non-hydrogen) atoms. The van der Waals surface area contributed by atoms with Crippen molar-refractivity contribution in [2.75, 3.05) is 20.1 Å². The lowest BCUT2D eigenvalue weighted by molar-refractivity contribution is 0.0822. The monoisotopic (exact) mass is 344 g/mol. The summed E-state index contributed by atoms with van der Waals surface area (Å²) in [6.45, 7) is 5.17. The quantitative estimate of drug-likeness (QED) is 0.912. The van der Waals surface area contributed by atoms with E-state index >= 15 is 0 Å². The Morgan fingerprint density at radius 2 is 1.96 bits per heavy atom. The van der Waals surface area contributed by atoms with Gasteiger partial charge < -0.3 is 15.1 Å². The normalized spacial score (nSPS) is 25.5. The lowest BCUT2D eigenvalue weighted by atomic mass is 9.85. The Morgan fingerprint density at radius 1 is 1.24 bits per heavy atom.